The lowest BCUT2D eigenvalue weighted by atomic mass is 10.1. The van der Waals surface area contributed by atoms with Crippen LogP contribution < -0.4 is 5.32 Å². The van der Waals surface area contributed by atoms with E-state index >= 15 is 0 Å². The molecule has 2 aromatic heterocycles. The van der Waals surface area contributed by atoms with E-state index in [1.165, 1.54) is 13.1 Å². The highest BCUT2D eigenvalue weighted by Crippen LogP contribution is 2.26. The Bertz CT molecular complexity index is 916. The predicted octanol–water partition coefficient (Wildman–Crippen LogP) is 2.79. The number of furan rings is 1. The molecule has 6 nitrogen and oxygen atoms in total. The van der Waals surface area contributed by atoms with Crippen molar-refractivity contribution in [3.8, 4) is 23.2 Å². The van der Waals surface area contributed by atoms with E-state index in [4.69, 9.17) is 4.42 Å². The van der Waals surface area contributed by atoms with Gasteiger partial charge in [0.2, 0.25) is 0 Å². The fourth-order valence-corrected chi connectivity index (χ4v) is 2.25. The van der Waals surface area contributed by atoms with Crippen molar-refractivity contribution in [1.82, 2.24) is 15.1 Å². The fourth-order valence-electron chi connectivity index (χ4n) is 2.25. The zero-order valence-corrected chi connectivity index (χ0v) is 12.9. The summed E-state index contributed by atoms with van der Waals surface area (Å²) in [5.41, 5.74) is 2.04. The number of likely N-dealkylation sites (N-methyl/N-ethyl adjacent to an activating group) is 1. The highest BCUT2D eigenvalue weighted by Gasteiger charge is 2.15. The van der Waals surface area contributed by atoms with Crippen molar-refractivity contribution in [2.45, 2.75) is 0 Å². The standard InChI is InChI=1S/C18H14N4O2/c1-20-18(23)13(11-19)10-14-12-22(15-6-3-2-4-7-15)21-17(14)16-8-5-9-24-16/h2-10,12H,1H3,(H,20,23)/b13-10+. The lowest BCUT2D eigenvalue weighted by molar-refractivity contribution is -0.116. The molecule has 3 aromatic rings. The van der Waals surface area contributed by atoms with E-state index in [2.05, 4.69) is 10.4 Å². The first-order chi connectivity index (χ1) is 11.7. The van der Waals surface area contributed by atoms with E-state index in [1.807, 2.05) is 36.4 Å². The average molecular weight is 318 g/mol. The molecule has 1 amide bonds. The lowest BCUT2D eigenvalue weighted by Crippen LogP contribution is -2.19. The Hall–Kier alpha value is -3.59. The molecule has 24 heavy (non-hydrogen) atoms. The number of carbonyl (C=O) groups is 1. The molecule has 1 N–H and O–H groups in total. The zero-order valence-electron chi connectivity index (χ0n) is 12.9. The van der Waals surface area contributed by atoms with E-state index in [-0.39, 0.29) is 5.57 Å². The Labute approximate surface area is 138 Å². The molecule has 3 rings (SSSR count). The van der Waals surface area contributed by atoms with Gasteiger partial charge in [-0.25, -0.2) is 4.68 Å². The molecule has 0 saturated heterocycles. The summed E-state index contributed by atoms with van der Waals surface area (Å²) in [6.45, 7) is 0. The van der Waals surface area contributed by atoms with Gasteiger partial charge in [0.15, 0.2) is 5.76 Å². The number of nitriles is 1. The van der Waals surface area contributed by atoms with Crippen molar-refractivity contribution in [1.29, 1.82) is 5.26 Å². The van der Waals surface area contributed by atoms with E-state index in [0.29, 0.717) is 17.0 Å². The van der Waals surface area contributed by atoms with Crippen molar-refractivity contribution >= 4 is 12.0 Å². The van der Waals surface area contributed by atoms with Crippen LogP contribution in [0.2, 0.25) is 0 Å². The van der Waals surface area contributed by atoms with E-state index < -0.39 is 5.91 Å². The highest BCUT2D eigenvalue weighted by molar-refractivity contribution is 6.02. The topological polar surface area (TPSA) is 83.9 Å². The van der Waals surface area contributed by atoms with E-state index in [1.54, 1.807) is 29.3 Å². The number of rotatable bonds is 4. The Balaban J connectivity index is 2.14. The summed E-state index contributed by atoms with van der Waals surface area (Å²) < 4.78 is 7.11. The van der Waals surface area contributed by atoms with Gasteiger partial charge in [0.25, 0.3) is 5.91 Å². The van der Waals surface area contributed by atoms with Gasteiger partial charge in [-0.05, 0) is 30.3 Å². The molecular formula is C18H14N4O2. The Morgan fingerprint density at radius 1 is 1.29 bits per heavy atom. The smallest absolute Gasteiger partial charge is 0.261 e. The summed E-state index contributed by atoms with van der Waals surface area (Å²) in [5, 5.41) is 16.2. The summed E-state index contributed by atoms with van der Waals surface area (Å²) in [7, 11) is 1.48. The van der Waals surface area contributed by atoms with Crippen molar-refractivity contribution in [3.05, 3.63) is 66.1 Å². The maximum Gasteiger partial charge on any atom is 0.261 e. The van der Waals surface area contributed by atoms with Crippen molar-refractivity contribution < 1.29 is 9.21 Å². The number of para-hydroxylation sites is 1. The fraction of sp³-hybridized carbons (Fsp3) is 0.0556. The molecule has 0 unspecified atom stereocenters. The van der Waals surface area contributed by atoms with E-state index in [9.17, 15) is 10.1 Å². The first-order valence-electron chi connectivity index (χ1n) is 7.26. The van der Waals surface area contributed by atoms with Gasteiger partial charge >= 0.3 is 0 Å². The van der Waals surface area contributed by atoms with Gasteiger partial charge in [-0.1, -0.05) is 18.2 Å². The van der Waals surface area contributed by atoms with Crippen LogP contribution in [0.1, 0.15) is 5.56 Å². The van der Waals surface area contributed by atoms with Gasteiger partial charge in [-0.3, -0.25) is 4.79 Å². The molecule has 0 saturated carbocycles. The summed E-state index contributed by atoms with van der Waals surface area (Å²) in [5.74, 6) is 0.112. The third kappa shape index (κ3) is 2.96. The van der Waals surface area contributed by atoms with Gasteiger partial charge in [0.05, 0.1) is 12.0 Å². The third-order valence-electron chi connectivity index (χ3n) is 3.41. The lowest BCUT2D eigenvalue weighted by Gasteiger charge is -1.98. The quantitative estimate of drug-likeness (QED) is 0.592. The van der Waals surface area contributed by atoms with Crippen LogP contribution in [-0.2, 0) is 4.79 Å². The second-order valence-corrected chi connectivity index (χ2v) is 4.94. The first kappa shape index (κ1) is 15.3. The zero-order chi connectivity index (χ0) is 16.9. The molecule has 0 fully saturated rings. The number of nitrogens with zero attached hydrogens (tertiary/aromatic N) is 3. The summed E-state index contributed by atoms with van der Waals surface area (Å²) in [6.07, 6.45) is 4.81. The Morgan fingerprint density at radius 3 is 2.71 bits per heavy atom. The normalized spacial score (nSPS) is 11.1. The van der Waals surface area contributed by atoms with Crippen LogP contribution in [0.4, 0.5) is 0 Å². The number of amides is 1. The second-order valence-electron chi connectivity index (χ2n) is 4.94. The van der Waals surface area contributed by atoms with E-state index in [0.717, 1.165) is 5.69 Å². The molecular weight excluding hydrogens is 304 g/mol. The molecule has 0 spiro atoms. The maximum atomic E-state index is 11.8. The number of benzene rings is 1. The van der Waals surface area contributed by atoms with Crippen LogP contribution in [0.5, 0.6) is 0 Å². The van der Waals surface area contributed by atoms with Crippen LogP contribution in [0.15, 0.2) is 64.9 Å². The molecule has 0 aliphatic heterocycles. The molecule has 1 aromatic carbocycles. The van der Waals surface area contributed by atoms with Crippen LogP contribution >= 0.6 is 0 Å². The van der Waals surface area contributed by atoms with Crippen molar-refractivity contribution in [3.63, 3.8) is 0 Å². The van der Waals surface area contributed by atoms with Crippen LogP contribution in [0, 0.1) is 11.3 Å². The third-order valence-corrected chi connectivity index (χ3v) is 3.41. The second kappa shape index (κ2) is 6.67. The molecule has 0 aliphatic carbocycles. The van der Waals surface area contributed by atoms with Gasteiger partial charge in [-0.2, -0.15) is 10.4 Å². The molecule has 0 aliphatic rings. The minimum Gasteiger partial charge on any atom is -0.463 e. The van der Waals surface area contributed by atoms with Gasteiger partial charge in [-0.15, -0.1) is 0 Å². The number of hydrogen-bond acceptors (Lipinski definition) is 4. The number of carbonyl (C=O) groups excluding carboxylic acids is 1. The number of nitrogens with one attached hydrogen (secondary N) is 1. The van der Waals surface area contributed by atoms with Crippen LogP contribution in [-0.4, -0.2) is 22.7 Å². The van der Waals surface area contributed by atoms with Crippen LogP contribution in [0.25, 0.3) is 23.2 Å². The summed E-state index contributed by atoms with van der Waals surface area (Å²) in [4.78, 5) is 11.8. The van der Waals surface area contributed by atoms with Gasteiger partial charge in [0.1, 0.15) is 17.3 Å². The van der Waals surface area contributed by atoms with Gasteiger partial charge in [0, 0.05) is 18.8 Å². The summed E-state index contributed by atoms with van der Waals surface area (Å²) >= 11 is 0. The monoisotopic (exact) mass is 318 g/mol. The molecule has 118 valence electrons. The molecule has 0 radical (unpaired) electrons. The minimum atomic E-state index is -0.449. The minimum absolute atomic E-state index is 0.00193. The Morgan fingerprint density at radius 2 is 2.08 bits per heavy atom. The first-order valence-corrected chi connectivity index (χ1v) is 7.26. The SMILES string of the molecule is CNC(=O)/C(C#N)=C/c1cn(-c2ccccc2)nc1-c1ccco1. The summed E-state index contributed by atoms with van der Waals surface area (Å²) in [6, 6.07) is 15.0. The largest absolute Gasteiger partial charge is 0.463 e. The number of hydrogen-bond donors (Lipinski definition) is 1. The predicted molar refractivity (Wildman–Crippen MR) is 88.9 cm³/mol. The van der Waals surface area contributed by atoms with Gasteiger partial charge < -0.3 is 9.73 Å². The Kier molecular flexibility index (Phi) is 4.25. The van der Waals surface area contributed by atoms with Crippen LogP contribution in [0.3, 0.4) is 0 Å². The maximum absolute atomic E-state index is 11.8. The highest BCUT2D eigenvalue weighted by atomic mass is 16.3. The average Bonchev–Trinajstić information content (AvgIpc) is 3.29. The van der Waals surface area contributed by atoms with Crippen molar-refractivity contribution in [2.24, 2.45) is 0 Å². The molecule has 0 bridgehead atoms. The van der Waals surface area contributed by atoms with Crippen molar-refractivity contribution in [2.75, 3.05) is 7.05 Å². The molecule has 6 heteroatoms. The molecule has 2 heterocycles. The molecule has 0 atom stereocenters. The number of aromatic nitrogens is 2.